The molecule has 0 fully saturated rings. The second-order valence-electron chi connectivity index (χ2n) is 13.4. The molecule has 0 saturated carbocycles. The summed E-state index contributed by atoms with van der Waals surface area (Å²) in [7, 11) is 0. The fourth-order valence-electron chi connectivity index (χ4n) is 6.38. The summed E-state index contributed by atoms with van der Waals surface area (Å²) in [6.45, 7) is 13.3. The maximum atomic E-state index is 6.53. The normalized spacial score (nSPS) is 11.4. The van der Waals surface area contributed by atoms with Crippen molar-refractivity contribution < 1.29 is 24.5 Å². The second kappa shape index (κ2) is 14.2. The summed E-state index contributed by atoms with van der Waals surface area (Å²) in [6.07, 6.45) is 4.78. The van der Waals surface area contributed by atoms with Crippen LogP contribution in [0, 0.1) is 38.3 Å². The van der Waals surface area contributed by atoms with E-state index < -0.39 is 0 Å². The SMILES string of the molecule is Cc1nc2c(ccc3c4cc[c-]c(-c5cc(CC(C)(C)C)c(-c6c(C)cccc6C)cn5)c4oc32)s1.[Ir].[c-]1ccccc1-c1ccccn1. The van der Waals surface area contributed by atoms with E-state index >= 15 is 0 Å². The smallest absolute Gasteiger partial charge is 0.148 e. The molecular formula is C43H37IrN3OS-2. The molecule has 4 aromatic carbocycles. The second-order valence-corrected chi connectivity index (χ2v) is 14.7. The molecule has 8 aromatic rings. The van der Waals surface area contributed by atoms with Crippen molar-refractivity contribution in [3.8, 4) is 33.6 Å². The molecule has 0 aliphatic carbocycles. The Kier molecular flexibility index (Phi) is 9.94. The van der Waals surface area contributed by atoms with Crippen molar-refractivity contribution in [2.24, 2.45) is 5.41 Å². The molecular weight excluding hydrogens is 799 g/mol. The molecule has 4 nitrogen and oxygen atoms in total. The number of aryl methyl sites for hydroxylation is 3. The molecule has 0 spiro atoms. The average molecular weight is 836 g/mol. The molecule has 1 radical (unpaired) electrons. The van der Waals surface area contributed by atoms with Gasteiger partial charge in [0, 0.05) is 43.4 Å². The number of pyridine rings is 2. The Bertz CT molecular complexity index is 2330. The molecule has 8 rings (SSSR count). The Morgan fingerprint density at radius 3 is 2.24 bits per heavy atom. The minimum Gasteiger partial charge on any atom is -0.498 e. The Morgan fingerprint density at radius 1 is 0.755 bits per heavy atom. The quantitative estimate of drug-likeness (QED) is 0.166. The summed E-state index contributed by atoms with van der Waals surface area (Å²) in [4.78, 5) is 14.0. The van der Waals surface area contributed by atoms with Gasteiger partial charge in [0.1, 0.15) is 11.1 Å². The largest absolute Gasteiger partial charge is 0.498 e. The Hall–Kier alpha value is -4.48. The van der Waals surface area contributed by atoms with Crippen LogP contribution in [0.4, 0.5) is 0 Å². The monoisotopic (exact) mass is 836 g/mol. The zero-order valence-corrected chi connectivity index (χ0v) is 31.7. The van der Waals surface area contributed by atoms with E-state index in [1.165, 1.54) is 27.8 Å². The first kappa shape index (κ1) is 34.4. The fraction of sp³-hybridized carbons (Fsp3) is 0.186. The number of nitrogens with zero attached hydrogens (tertiary/aromatic N) is 3. The van der Waals surface area contributed by atoms with Crippen LogP contribution in [0.5, 0.6) is 0 Å². The van der Waals surface area contributed by atoms with Crippen LogP contribution < -0.4 is 0 Å². The Balaban J connectivity index is 0.000000270. The number of benzene rings is 4. The predicted octanol–water partition coefficient (Wildman–Crippen LogP) is 11.8. The molecule has 0 atom stereocenters. The zero-order valence-electron chi connectivity index (χ0n) is 28.5. The molecule has 0 unspecified atom stereocenters. The van der Waals surface area contributed by atoms with Crippen LogP contribution >= 0.6 is 11.3 Å². The number of fused-ring (bicyclic) bond motifs is 5. The van der Waals surface area contributed by atoms with E-state index in [0.717, 1.165) is 66.1 Å². The van der Waals surface area contributed by atoms with Gasteiger partial charge in [0.15, 0.2) is 0 Å². The van der Waals surface area contributed by atoms with E-state index in [-0.39, 0.29) is 25.5 Å². The third-order valence-corrected chi connectivity index (χ3v) is 9.37. The van der Waals surface area contributed by atoms with Gasteiger partial charge in [0.2, 0.25) is 0 Å². The van der Waals surface area contributed by atoms with Crippen molar-refractivity contribution in [2.75, 3.05) is 0 Å². The summed E-state index contributed by atoms with van der Waals surface area (Å²) in [5.74, 6) is 0. The summed E-state index contributed by atoms with van der Waals surface area (Å²) in [5.41, 5.74) is 12.8. The molecule has 6 heteroatoms. The molecule has 0 aliphatic heterocycles. The topological polar surface area (TPSA) is 51.8 Å². The predicted molar refractivity (Wildman–Crippen MR) is 200 cm³/mol. The van der Waals surface area contributed by atoms with E-state index in [4.69, 9.17) is 14.4 Å². The van der Waals surface area contributed by atoms with Gasteiger partial charge >= 0.3 is 0 Å². The van der Waals surface area contributed by atoms with Crippen LogP contribution in [0.1, 0.15) is 42.5 Å². The van der Waals surface area contributed by atoms with Gasteiger partial charge in [-0.1, -0.05) is 74.2 Å². The van der Waals surface area contributed by atoms with Crippen molar-refractivity contribution in [2.45, 2.75) is 48.0 Å². The maximum absolute atomic E-state index is 6.53. The van der Waals surface area contributed by atoms with Gasteiger partial charge in [0.05, 0.1) is 15.3 Å². The molecule has 0 bridgehead atoms. The van der Waals surface area contributed by atoms with E-state index in [2.05, 4.69) is 94.2 Å². The zero-order chi connectivity index (χ0) is 33.4. The van der Waals surface area contributed by atoms with Gasteiger partial charge in [-0.2, -0.15) is 0 Å². The van der Waals surface area contributed by atoms with Gasteiger partial charge in [-0.25, -0.2) is 4.98 Å². The van der Waals surface area contributed by atoms with Gasteiger partial charge < -0.3 is 14.4 Å². The molecule has 0 N–H and O–H groups in total. The van der Waals surface area contributed by atoms with Gasteiger partial charge in [-0.3, -0.25) is 0 Å². The molecule has 49 heavy (non-hydrogen) atoms. The van der Waals surface area contributed by atoms with Crippen LogP contribution in [0.15, 0.2) is 108 Å². The summed E-state index contributed by atoms with van der Waals surface area (Å²) < 4.78 is 7.68. The van der Waals surface area contributed by atoms with E-state index in [1.807, 2.05) is 61.7 Å². The van der Waals surface area contributed by atoms with E-state index in [1.54, 1.807) is 17.5 Å². The third-order valence-electron chi connectivity index (χ3n) is 8.43. The molecule has 4 aromatic heterocycles. The van der Waals surface area contributed by atoms with Crippen LogP contribution in [-0.4, -0.2) is 15.0 Å². The molecule has 4 heterocycles. The Morgan fingerprint density at radius 2 is 1.53 bits per heavy atom. The molecule has 0 amide bonds. The van der Waals surface area contributed by atoms with Crippen LogP contribution in [0.3, 0.4) is 0 Å². The molecule has 0 aliphatic rings. The van der Waals surface area contributed by atoms with Crippen molar-refractivity contribution >= 4 is 43.5 Å². The van der Waals surface area contributed by atoms with Crippen LogP contribution in [0.2, 0.25) is 0 Å². The van der Waals surface area contributed by atoms with Gasteiger partial charge in [0.25, 0.3) is 0 Å². The van der Waals surface area contributed by atoms with Crippen molar-refractivity contribution in [1.29, 1.82) is 0 Å². The number of aromatic nitrogens is 3. The number of furan rings is 1. The van der Waals surface area contributed by atoms with Crippen LogP contribution in [0.25, 0.3) is 65.8 Å². The first-order valence-electron chi connectivity index (χ1n) is 16.2. The maximum Gasteiger partial charge on any atom is 0.148 e. The van der Waals surface area contributed by atoms with Crippen molar-refractivity contribution in [1.82, 2.24) is 15.0 Å². The molecule has 247 valence electrons. The average Bonchev–Trinajstić information content (AvgIpc) is 3.65. The van der Waals surface area contributed by atoms with Gasteiger partial charge in [-0.15, -0.1) is 65.4 Å². The third kappa shape index (κ3) is 7.14. The Labute approximate surface area is 305 Å². The minimum atomic E-state index is 0. The number of hydrogen-bond acceptors (Lipinski definition) is 5. The summed E-state index contributed by atoms with van der Waals surface area (Å²) in [5, 5.41) is 3.20. The standard InChI is InChI=1S/C32H29N2OS.C11H8N.Ir/c1-18-9-7-10-19(2)28(18)25-17-33-26(15-21(25)16-32(4,5)6)24-12-8-11-22-23-13-14-27-29(34-20(3)36-27)31(23)35-30(22)24;1-2-6-10(7-3-1)11-8-4-5-9-12-11;/h7-11,13-15,17H,16H2,1-6H3;1-6,8-9H;/q2*-1;. The van der Waals surface area contributed by atoms with Gasteiger partial charge in [-0.05, 0) is 78.4 Å². The number of rotatable bonds is 4. The number of hydrogen-bond donors (Lipinski definition) is 0. The van der Waals surface area contributed by atoms with E-state index in [0.29, 0.717) is 0 Å². The fourth-order valence-corrected chi connectivity index (χ4v) is 7.21. The van der Waals surface area contributed by atoms with Crippen molar-refractivity contribution in [3.63, 3.8) is 0 Å². The van der Waals surface area contributed by atoms with E-state index in [9.17, 15) is 0 Å². The summed E-state index contributed by atoms with van der Waals surface area (Å²) >= 11 is 1.70. The number of thiazole rings is 1. The molecule has 0 saturated heterocycles. The van der Waals surface area contributed by atoms with Crippen molar-refractivity contribution in [3.05, 3.63) is 137 Å². The minimum absolute atomic E-state index is 0. The van der Waals surface area contributed by atoms with Crippen LogP contribution in [-0.2, 0) is 26.5 Å². The summed E-state index contributed by atoms with van der Waals surface area (Å²) in [6, 6.07) is 37.3. The first-order chi connectivity index (χ1) is 23.2. The first-order valence-corrected chi connectivity index (χ1v) is 17.0.